The molecule has 1 aliphatic rings. The SMILES string of the molecule is CC(Cl)(Cl)C(=O)NC[C@H]1CN(c2ccc(-n3cnc(Cn4cccn4)c3)c(F)c2)C(=O)O1. The maximum Gasteiger partial charge on any atom is 0.414 e. The van der Waals surface area contributed by atoms with Gasteiger partial charge in [-0.15, -0.1) is 0 Å². The molecule has 0 saturated carbocycles. The van der Waals surface area contributed by atoms with E-state index in [0.717, 1.165) is 5.69 Å². The van der Waals surface area contributed by atoms with Crippen molar-refractivity contribution in [3.63, 3.8) is 0 Å². The molecular weight excluding hydrogens is 462 g/mol. The summed E-state index contributed by atoms with van der Waals surface area (Å²) in [6, 6.07) is 6.23. The van der Waals surface area contributed by atoms with Crippen LogP contribution < -0.4 is 10.2 Å². The van der Waals surface area contributed by atoms with Gasteiger partial charge in [0.15, 0.2) is 4.33 Å². The fraction of sp³-hybridized carbons (Fsp3) is 0.300. The minimum atomic E-state index is -1.59. The zero-order chi connectivity index (χ0) is 22.9. The second-order valence-electron chi connectivity index (χ2n) is 7.33. The number of alkyl halides is 2. The number of rotatable bonds is 7. The Morgan fingerprint density at radius 1 is 1.41 bits per heavy atom. The topological polar surface area (TPSA) is 94.3 Å². The Morgan fingerprint density at radius 2 is 2.22 bits per heavy atom. The normalized spacial score (nSPS) is 16.3. The fourth-order valence-electron chi connectivity index (χ4n) is 3.21. The number of nitrogens with one attached hydrogen (secondary N) is 1. The number of ether oxygens (including phenoxy) is 1. The summed E-state index contributed by atoms with van der Waals surface area (Å²) in [5, 5.41) is 6.64. The number of hydrogen-bond acceptors (Lipinski definition) is 5. The number of aromatic nitrogens is 4. The molecule has 0 unspecified atom stereocenters. The third-order valence-electron chi connectivity index (χ3n) is 4.80. The fourth-order valence-corrected chi connectivity index (χ4v) is 3.34. The Balaban J connectivity index is 1.42. The predicted molar refractivity (Wildman–Crippen MR) is 116 cm³/mol. The van der Waals surface area contributed by atoms with Gasteiger partial charge in [-0.25, -0.2) is 14.2 Å². The Bertz CT molecular complexity index is 1130. The Kier molecular flexibility index (Phi) is 6.07. The summed E-state index contributed by atoms with van der Waals surface area (Å²) in [4.78, 5) is 29.6. The van der Waals surface area contributed by atoms with E-state index < -0.39 is 28.3 Å². The molecule has 0 spiro atoms. The zero-order valence-corrected chi connectivity index (χ0v) is 18.4. The second-order valence-corrected chi connectivity index (χ2v) is 9.03. The lowest BCUT2D eigenvalue weighted by Crippen LogP contribution is -2.41. The smallest absolute Gasteiger partial charge is 0.414 e. The van der Waals surface area contributed by atoms with Gasteiger partial charge < -0.3 is 14.6 Å². The molecule has 1 aliphatic heterocycles. The lowest BCUT2D eigenvalue weighted by Gasteiger charge is -2.16. The molecule has 1 saturated heterocycles. The Morgan fingerprint density at radius 3 is 2.91 bits per heavy atom. The molecule has 9 nitrogen and oxygen atoms in total. The molecule has 3 aromatic rings. The Hall–Kier alpha value is -3.11. The highest BCUT2D eigenvalue weighted by atomic mass is 35.5. The van der Waals surface area contributed by atoms with Gasteiger partial charge in [-0.05, 0) is 31.2 Å². The number of amides is 2. The molecule has 1 atom stereocenters. The average molecular weight is 481 g/mol. The van der Waals surface area contributed by atoms with Crippen molar-refractivity contribution in [1.29, 1.82) is 0 Å². The van der Waals surface area contributed by atoms with Crippen LogP contribution in [0.4, 0.5) is 14.9 Å². The first-order chi connectivity index (χ1) is 15.2. The van der Waals surface area contributed by atoms with Crippen molar-refractivity contribution >= 4 is 40.9 Å². The molecule has 1 N–H and O–H groups in total. The van der Waals surface area contributed by atoms with Gasteiger partial charge in [-0.1, -0.05) is 23.2 Å². The van der Waals surface area contributed by atoms with Gasteiger partial charge in [0.25, 0.3) is 5.91 Å². The van der Waals surface area contributed by atoms with Crippen molar-refractivity contribution in [2.45, 2.75) is 23.9 Å². The van der Waals surface area contributed by atoms with Crippen molar-refractivity contribution in [3.8, 4) is 5.69 Å². The zero-order valence-electron chi connectivity index (χ0n) is 16.9. The highest BCUT2D eigenvalue weighted by Gasteiger charge is 2.34. The number of nitrogens with zero attached hydrogens (tertiary/aromatic N) is 5. The number of anilines is 1. The van der Waals surface area contributed by atoms with Crippen LogP contribution in [0.25, 0.3) is 5.69 Å². The quantitative estimate of drug-likeness (QED) is 0.524. The third-order valence-corrected chi connectivity index (χ3v) is 5.15. The molecule has 168 valence electrons. The van der Waals surface area contributed by atoms with E-state index in [4.69, 9.17) is 27.9 Å². The first-order valence-corrected chi connectivity index (χ1v) is 10.4. The van der Waals surface area contributed by atoms with E-state index >= 15 is 0 Å². The van der Waals surface area contributed by atoms with Crippen LogP contribution in [0.3, 0.4) is 0 Å². The van der Waals surface area contributed by atoms with E-state index in [-0.39, 0.29) is 18.8 Å². The van der Waals surface area contributed by atoms with Crippen LogP contribution in [-0.4, -0.2) is 54.9 Å². The molecule has 1 fully saturated rings. The standard InChI is InChI=1S/C20H19Cl2FN6O3/c1-20(21,22)18(30)24-8-15-11-29(19(31)32-15)14-3-4-17(16(23)7-14)27-9-13(25-12-27)10-28-6-2-5-26-28/h2-7,9,12,15H,8,10-11H2,1H3,(H,24,30)/t15-/m0/s1. The first kappa shape index (κ1) is 22.1. The molecule has 1 aromatic carbocycles. The van der Waals surface area contributed by atoms with Crippen LogP contribution in [0, 0.1) is 5.82 Å². The number of hydrogen-bond donors (Lipinski definition) is 1. The maximum atomic E-state index is 14.9. The van der Waals surface area contributed by atoms with Crippen molar-refractivity contribution in [2.24, 2.45) is 0 Å². The lowest BCUT2D eigenvalue weighted by atomic mass is 10.2. The van der Waals surface area contributed by atoms with Crippen LogP contribution in [0.1, 0.15) is 12.6 Å². The monoisotopic (exact) mass is 480 g/mol. The highest BCUT2D eigenvalue weighted by molar-refractivity contribution is 6.57. The van der Waals surface area contributed by atoms with Gasteiger partial charge in [-0.3, -0.25) is 14.4 Å². The summed E-state index contributed by atoms with van der Waals surface area (Å²) >= 11 is 11.4. The van der Waals surface area contributed by atoms with Gasteiger partial charge in [0.1, 0.15) is 11.9 Å². The number of imidazole rings is 1. The average Bonchev–Trinajstić information content (AvgIpc) is 3.47. The van der Waals surface area contributed by atoms with Gasteiger partial charge in [0, 0.05) is 18.6 Å². The number of carbonyl (C=O) groups is 2. The molecule has 4 rings (SSSR count). The van der Waals surface area contributed by atoms with E-state index in [0.29, 0.717) is 12.2 Å². The van der Waals surface area contributed by atoms with Crippen LogP contribution >= 0.6 is 23.2 Å². The first-order valence-electron chi connectivity index (χ1n) is 9.65. The van der Waals surface area contributed by atoms with Crippen LogP contribution in [0.5, 0.6) is 0 Å². The number of cyclic esters (lactones) is 1. The second kappa shape index (κ2) is 8.79. The van der Waals surface area contributed by atoms with Gasteiger partial charge in [0.05, 0.1) is 43.0 Å². The molecule has 3 heterocycles. The van der Waals surface area contributed by atoms with Crippen LogP contribution in [0.2, 0.25) is 0 Å². The van der Waals surface area contributed by atoms with E-state index in [1.165, 1.54) is 24.2 Å². The van der Waals surface area contributed by atoms with Crippen molar-refractivity contribution in [3.05, 3.63) is 60.7 Å². The predicted octanol–water partition coefficient (Wildman–Crippen LogP) is 2.89. The molecule has 0 bridgehead atoms. The minimum absolute atomic E-state index is 0.0325. The molecule has 2 aromatic heterocycles. The minimum Gasteiger partial charge on any atom is -0.442 e. The summed E-state index contributed by atoms with van der Waals surface area (Å²) in [5.74, 6) is -1.13. The van der Waals surface area contributed by atoms with E-state index in [2.05, 4.69) is 15.4 Å². The van der Waals surface area contributed by atoms with E-state index in [1.54, 1.807) is 33.8 Å². The molecular formula is C20H19Cl2FN6O3. The third kappa shape index (κ3) is 4.86. The summed E-state index contributed by atoms with van der Waals surface area (Å²) < 4.78 is 21.8. The largest absolute Gasteiger partial charge is 0.442 e. The molecule has 2 amide bonds. The van der Waals surface area contributed by atoms with Crippen LogP contribution in [-0.2, 0) is 16.1 Å². The number of benzene rings is 1. The summed E-state index contributed by atoms with van der Waals surface area (Å²) in [6.45, 7) is 1.97. The van der Waals surface area contributed by atoms with Gasteiger partial charge in [-0.2, -0.15) is 5.10 Å². The van der Waals surface area contributed by atoms with E-state index in [9.17, 15) is 14.0 Å². The lowest BCUT2D eigenvalue weighted by molar-refractivity contribution is -0.121. The maximum absolute atomic E-state index is 14.9. The van der Waals surface area contributed by atoms with E-state index in [1.807, 2.05) is 12.3 Å². The number of carbonyl (C=O) groups excluding carboxylic acids is 2. The summed E-state index contributed by atoms with van der Waals surface area (Å²) in [7, 11) is 0. The number of halogens is 3. The highest BCUT2D eigenvalue weighted by Crippen LogP contribution is 2.26. The molecule has 32 heavy (non-hydrogen) atoms. The van der Waals surface area contributed by atoms with Crippen LogP contribution in [0.15, 0.2) is 49.2 Å². The van der Waals surface area contributed by atoms with Crippen molar-refractivity contribution in [2.75, 3.05) is 18.0 Å². The van der Waals surface area contributed by atoms with Gasteiger partial charge in [0.2, 0.25) is 0 Å². The Labute approximate surface area is 192 Å². The molecule has 12 heteroatoms. The summed E-state index contributed by atoms with van der Waals surface area (Å²) in [6.07, 6.45) is 5.45. The van der Waals surface area contributed by atoms with Crippen molar-refractivity contribution in [1.82, 2.24) is 24.6 Å². The molecule has 0 aliphatic carbocycles. The summed E-state index contributed by atoms with van der Waals surface area (Å²) in [5.41, 5.74) is 1.34. The van der Waals surface area contributed by atoms with Gasteiger partial charge >= 0.3 is 6.09 Å². The molecule has 0 radical (unpaired) electrons. The van der Waals surface area contributed by atoms with Crippen molar-refractivity contribution < 1.29 is 18.7 Å².